The van der Waals surface area contributed by atoms with E-state index in [9.17, 15) is 4.39 Å². The van der Waals surface area contributed by atoms with Gasteiger partial charge in [0.1, 0.15) is 10.8 Å². The Morgan fingerprint density at radius 3 is 2.67 bits per heavy atom. The Bertz CT molecular complexity index is 566. The standard InChI is InChI=1S/C13H14BrFN2S/c1-7(2)12-11(6-16)18-13(17-12)9-4-3-8(15)5-10(9)14/h3-5,7H,6,16H2,1-2H3. The van der Waals surface area contributed by atoms with E-state index in [1.165, 1.54) is 12.1 Å². The van der Waals surface area contributed by atoms with Gasteiger partial charge in [0.05, 0.1) is 5.69 Å². The van der Waals surface area contributed by atoms with Gasteiger partial charge in [-0.15, -0.1) is 11.3 Å². The normalized spacial score (nSPS) is 11.2. The van der Waals surface area contributed by atoms with Gasteiger partial charge in [0.25, 0.3) is 0 Å². The molecule has 0 fully saturated rings. The molecule has 2 nitrogen and oxygen atoms in total. The summed E-state index contributed by atoms with van der Waals surface area (Å²) in [6.07, 6.45) is 0. The third kappa shape index (κ3) is 2.63. The van der Waals surface area contributed by atoms with Crippen LogP contribution in [0, 0.1) is 5.82 Å². The Morgan fingerprint density at radius 1 is 1.44 bits per heavy atom. The fraction of sp³-hybridized carbons (Fsp3) is 0.308. The van der Waals surface area contributed by atoms with Crippen molar-refractivity contribution in [3.05, 3.63) is 39.1 Å². The van der Waals surface area contributed by atoms with Gasteiger partial charge < -0.3 is 5.73 Å². The smallest absolute Gasteiger partial charge is 0.125 e. The van der Waals surface area contributed by atoms with Crippen LogP contribution in [0.2, 0.25) is 0 Å². The summed E-state index contributed by atoms with van der Waals surface area (Å²) in [6, 6.07) is 4.63. The molecule has 0 bridgehead atoms. The van der Waals surface area contributed by atoms with Crippen LogP contribution in [0.3, 0.4) is 0 Å². The van der Waals surface area contributed by atoms with Gasteiger partial charge in [0.15, 0.2) is 0 Å². The lowest BCUT2D eigenvalue weighted by Gasteiger charge is -2.02. The van der Waals surface area contributed by atoms with Crippen LogP contribution in [-0.4, -0.2) is 4.98 Å². The summed E-state index contributed by atoms with van der Waals surface area (Å²) in [4.78, 5) is 5.72. The summed E-state index contributed by atoms with van der Waals surface area (Å²) in [5.41, 5.74) is 7.68. The molecule has 1 aromatic heterocycles. The zero-order chi connectivity index (χ0) is 13.3. The lowest BCUT2D eigenvalue weighted by molar-refractivity contribution is 0.627. The fourth-order valence-corrected chi connectivity index (χ4v) is 3.54. The molecule has 0 amide bonds. The van der Waals surface area contributed by atoms with E-state index in [4.69, 9.17) is 5.73 Å². The van der Waals surface area contributed by atoms with Gasteiger partial charge in [-0.25, -0.2) is 9.37 Å². The second-order valence-electron chi connectivity index (χ2n) is 4.31. The summed E-state index contributed by atoms with van der Waals surface area (Å²) in [5.74, 6) is 0.0816. The molecule has 0 saturated carbocycles. The minimum Gasteiger partial charge on any atom is -0.326 e. The van der Waals surface area contributed by atoms with Crippen molar-refractivity contribution < 1.29 is 4.39 Å². The predicted octanol–water partition coefficient (Wildman–Crippen LogP) is 4.29. The van der Waals surface area contributed by atoms with Crippen molar-refractivity contribution in [2.24, 2.45) is 5.73 Å². The molecule has 0 unspecified atom stereocenters. The number of benzene rings is 1. The summed E-state index contributed by atoms with van der Waals surface area (Å²) in [5, 5.41) is 0.881. The molecule has 2 N–H and O–H groups in total. The number of aromatic nitrogens is 1. The highest BCUT2D eigenvalue weighted by Crippen LogP contribution is 2.35. The van der Waals surface area contributed by atoms with Crippen LogP contribution in [0.25, 0.3) is 10.6 Å². The average molecular weight is 329 g/mol. The van der Waals surface area contributed by atoms with Crippen LogP contribution in [0.5, 0.6) is 0 Å². The van der Waals surface area contributed by atoms with Gasteiger partial charge in [0, 0.05) is 21.5 Å². The Morgan fingerprint density at radius 2 is 2.17 bits per heavy atom. The maximum Gasteiger partial charge on any atom is 0.125 e. The molecule has 1 aromatic carbocycles. The predicted molar refractivity (Wildman–Crippen MR) is 77.2 cm³/mol. The van der Waals surface area contributed by atoms with E-state index in [0.717, 1.165) is 25.6 Å². The highest BCUT2D eigenvalue weighted by atomic mass is 79.9. The van der Waals surface area contributed by atoms with Crippen molar-refractivity contribution in [3.8, 4) is 10.6 Å². The highest BCUT2D eigenvalue weighted by molar-refractivity contribution is 9.10. The van der Waals surface area contributed by atoms with Gasteiger partial charge in [-0.1, -0.05) is 13.8 Å². The highest BCUT2D eigenvalue weighted by Gasteiger charge is 2.15. The summed E-state index contributed by atoms with van der Waals surface area (Å²) >= 11 is 4.94. The maximum absolute atomic E-state index is 13.1. The third-order valence-corrected chi connectivity index (χ3v) is 4.40. The van der Waals surface area contributed by atoms with Crippen LogP contribution < -0.4 is 5.73 Å². The monoisotopic (exact) mass is 328 g/mol. The quantitative estimate of drug-likeness (QED) is 0.912. The minimum atomic E-state index is -0.259. The molecule has 0 radical (unpaired) electrons. The van der Waals surface area contributed by atoms with Crippen LogP contribution >= 0.6 is 27.3 Å². The SMILES string of the molecule is CC(C)c1nc(-c2ccc(F)cc2Br)sc1CN. The van der Waals surface area contributed by atoms with Gasteiger partial charge in [-0.05, 0) is 40.0 Å². The Balaban J connectivity index is 2.51. The summed E-state index contributed by atoms with van der Waals surface area (Å²) < 4.78 is 13.8. The zero-order valence-corrected chi connectivity index (χ0v) is 12.6. The molecule has 0 aliphatic carbocycles. The Hall–Kier alpha value is -0.780. The number of hydrogen-bond donors (Lipinski definition) is 1. The average Bonchev–Trinajstić information content (AvgIpc) is 2.73. The van der Waals surface area contributed by atoms with E-state index in [0.29, 0.717) is 12.5 Å². The first-order valence-corrected chi connectivity index (χ1v) is 7.29. The molecule has 1 heterocycles. The Labute approximate surface area is 118 Å². The molecular formula is C13H14BrFN2S. The van der Waals surface area contributed by atoms with Gasteiger partial charge >= 0.3 is 0 Å². The summed E-state index contributed by atoms with van der Waals surface area (Å²) in [6.45, 7) is 4.68. The fourth-order valence-electron chi connectivity index (χ4n) is 1.74. The second kappa shape index (κ2) is 5.47. The topological polar surface area (TPSA) is 38.9 Å². The van der Waals surface area contributed by atoms with Crippen molar-refractivity contribution in [1.29, 1.82) is 0 Å². The van der Waals surface area contributed by atoms with Crippen LogP contribution in [0.4, 0.5) is 4.39 Å². The number of halogens is 2. The minimum absolute atomic E-state index is 0.259. The van der Waals surface area contributed by atoms with Gasteiger partial charge in [0.2, 0.25) is 0 Å². The maximum atomic E-state index is 13.1. The van der Waals surface area contributed by atoms with Gasteiger partial charge in [-0.2, -0.15) is 0 Å². The van der Waals surface area contributed by atoms with Crippen molar-refractivity contribution >= 4 is 27.3 Å². The van der Waals surface area contributed by atoms with E-state index in [1.54, 1.807) is 17.4 Å². The molecule has 18 heavy (non-hydrogen) atoms. The van der Waals surface area contributed by atoms with Crippen LogP contribution in [0.15, 0.2) is 22.7 Å². The van der Waals surface area contributed by atoms with Crippen LogP contribution in [0.1, 0.15) is 30.3 Å². The molecule has 96 valence electrons. The molecule has 2 aromatic rings. The number of hydrogen-bond acceptors (Lipinski definition) is 3. The lowest BCUT2D eigenvalue weighted by Crippen LogP contribution is -1.99. The number of nitrogens with zero attached hydrogens (tertiary/aromatic N) is 1. The first kappa shape index (κ1) is 13.6. The Kier molecular flexibility index (Phi) is 4.14. The zero-order valence-electron chi connectivity index (χ0n) is 10.2. The lowest BCUT2D eigenvalue weighted by atomic mass is 10.1. The van der Waals surface area contributed by atoms with E-state index < -0.39 is 0 Å². The molecule has 0 atom stereocenters. The third-order valence-electron chi connectivity index (χ3n) is 2.62. The first-order valence-electron chi connectivity index (χ1n) is 5.68. The van der Waals surface area contributed by atoms with Gasteiger partial charge in [-0.3, -0.25) is 0 Å². The molecule has 0 aliphatic heterocycles. The number of thiazole rings is 1. The summed E-state index contributed by atoms with van der Waals surface area (Å²) in [7, 11) is 0. The second-order valence-corrected chi connectivity index (χ2v) is 6.25. The first-order chi connectivity index (χ1) is 8.52. The molecule has 5 heteroatoms. The van der Waals surface area contributed by atoms with E-state index >= 15 is 0 Å². The molecular weight excluding hydrogens is 315 g/mol. The largest absolute Gasteiger partial charge is 0.326 e. The molecule has 0 aliphatic rings. The van der Waals surface area contributed by atoms with Crippen LogP contribution in [-0.2, 0) is 6.54 Å². The van der Waals surface area contributed by atoms with Crippen molar-refractivity contribution in [1.82, 2.24) is 4.98 Å². The molecule has 0 spiro atoms. The molecule has 0 saturated heterocycles. The van der Waals surface area contributed by atoms with Crippen molar-refractivity contribution in [2.75, 3.05) is 0 Å². The van der Waals surface area contributed by atoms with Crippen molar-refractivity contribution in [3.63, 3.8) is 0 Å². The van der Waals surface area contributed by atoms with E-state index in [-0.39, 0.29) is 5.82 Å². The van der Waals surface area contributed by atoms with E-state index in [2.05, 4.69) is 34.8 Å². The number of rotatable bonds is 3. The van der Waals surface area contributed by atoms with Crippen molar-refractivity contribution in [2.45, 2.75) is 26.3 Å². The number of nitrogens with two attached hydrogens (primary N) is 1. The van der Waals surface area contributed by atoms with E-state index in [1.807, 2.05) is 0 Å². The molecule has 2 rings (SSSR count).